The van der Waals surface area contributed by atoms with E-state index in [0.29, 0.717) is 0 Å². The van der Waals surface area contributed by atoms with E-state index >= 15 is 0 Å². The highest BCUT2D eigenvalue weighted by molar-refractivity contribution is 4.75. The molecule has 0 aromatic heterocycles. The van der Waals surface area contributed by atoms with E-state index in [1.165, 1.54) is 57.8 Å². The summed E-state index contributed by atoms with van der Waals surface area (Å²) in [7, 11) is 0. The van der Waals surface area contributed by atoms with Gasteiger partial charge in [0.2, 0.25) is 0 Å². The van der Waals surface area contributed by atoms with Crippen LogP contribution in [0.2, 0.25) is 0 Å². The van der Waals surface area contributed by atoms with Crippen molar-refractivity contribution >= 4 is 0 Å². The van der Waals surface area contributed by atoms with E-state index in [1.807, 2.05) is 0 Å². The van der Waals surface area contributed by atoms with Crippen molar-refractivity contribution in [3.63, 3.8) is 0 Å². The fraction of sp³-hybridized carbons (Fsp3) is 1.00. The van der Waals surface area contributed by atoms with Crippen LogP contribution in [0, 0.1) is 5.92 Å². The number of hydrogen-bond acceptors (Lipinski definition) is 3. The Bertz CT molecular complexity index is 299. The third-order valence-electron chi connectivity index (χ3n) is 4.76. The summed E-state index contributed by atoms with van der Waals surface area (Å²) in [6.45, 7) is 17.0. The maximum absolute atomic E-state index is 6.40. The average Bonchev–Trinajstić information content (AvgIpc) is 2.54. The van der Waals surface area contributed by atoms with E-state index in [-0.39, 0.29) is 24.2 Å². The van der Waals surface area contributed by atoms with Crippen LogP contribution in [-0.4, -0.2) is 24.3 Å². The fourth-order valence-corrected chi connectivity index (χ4v) is 3.67. The molecule has 0 bridgehead atoms. The Labute approximate surface area is 170 Å². The van der Waals surface area contributed by atoms with Crippen LogP contribution in [0.4, 0.5) is 0 Å². The zero-order valence-corrected chi connectivity index (χ0v) is 19.8. The quantitative estimate of drug-likeness (QED) is 0.177. The summed E-state index contributed by atoms with van der Waals surface area (Å²) in [5.41, 5.74) is 0. The van der Waals surface area contributed by atoms with E-state index in [2.05, 4.69) is 55.4 Å². The van der Waals surface area contributed by atoms with Crippen LogP contribution in [0.3, 0.4) is 0 Å². The zero-order valence-electron chi connectivity index (χ0n) is 19.8. The molecule has 0 N–H and O–H groups in total. The first-order valence-corrected chi connectivity index (χ1v) is 11.8. The first kappa shape index (κ1) is 26.9. The van der Waals surface area contributed by atoms with Crippen LogP contribution in [0.25, 0.3) is 0 Å². The molecule has 0 heterocycles. The van der Waals surface area contributed by atoms with Gasteiger partial charge < -0.3 is 14.2 Å². The minimum atomic E-state index is -0.923. The molecular formula is C24H50O3. The van der Waals surface area contributed by atoms with Gasteiger partial charge in [-0.25, -0.2) is 0 Å². The molecule has 0 rings (SSSR count). The first-order valence-electron chi connectivity index (χ1n) is 11.8. The Morgan fingerprint density at radius 2 is 0.852 bits per heavy atom. The van der Waals surface area contributed by atoms with Gasteiger partial charge in [-0.1, -0.05) is 71.6 Å². The Morgan fingerprint density at radius 1 is 0.519 bits per heavy atom. The monoisotopic (exact) mass is 386 g/mol. The number of rotatable bonds is 18. The summed E-state index contributed by atoms with van der Waals surface area (Å²) in [5, 5.41) is 0. The summed E-state index contributed by atoms with van der Waals surface area (Å²) in [5.74, 6) is -0.643. The number of hydrogen-bond donors (Lipinski definition) is 0. The summed E-state index contributed by atoms with van der Waals surface area (Å²) < 4.78 is 19.2. The van der Waals surface area contributed by atoms with Crippen LogP contribution in [-0.2, 0) is 14.2 Å². The van der Waals surface area contributed by atoms with E-state index in [9.17, 15) is 0 Å². The van der Waals surface area contributed by atoms with Crippen LogP contribution >= 0.6 is 0 Å². The van der Waals surface area contributed by atoms with Crippen molar-refractivity contribution in [1.29, 1.82) is 0 Å². The third-order valence-corrected chi connectivity index (χ3v) is 4.76. The predicted molar refractivity (Wildman–Crippen MR) is 117 cm³/mol. The second-order valence-electron chi connectivity index (χ2n) is 8.85. The minimum absolute atomic E-state index is 0.0701. The second-order valence-corrected chi connectivity index (χ2v) is 8.85. The molecule has 0 aliphatic rings. The van der Waals surface area contributed by atoms with Gasteiger partial charge in [0.1, 0.15) is 0 Å². The maximum atomic E-state index is 6.40. The lowest BCUT2D eigenvalue weighted by atomic mass is 9.91. The van der Waals surface area contributed by atoms with Gasteiger partial charge in [-0.05, 0) is 54.4 Å². The Kier molecular flexibility index (Phi) is 15.7. The predicted octanol–water partition coefficient (Wildman–Crippen LogP) is 7.86. The van der Waals surface area contributed by atoms with E-state index in [4.69, 9.17) is 14.2 Å². The Hall–Kier alpha value is -0.120. The Balaban J connectivity index is 5.24. The third kappa shape index (κ3) is 12.9. The maximum Gasteiger partial charge on any atom is 0.286 e. The van der Waals surface area contributed by atoms with E-state index in [1.54, 1.807) is 0 Å². The lowest BCUT2D eigenvalue weighted by molar-refractivity contribution is -0.433. The fourth-order valence-electron chi connectivity index (χ4n) is 3.67. The van der Waals surface area contributed by atoms with Crippen molar-refractivity contribution in [2.24, 2.45) is 5.92 Å². The van der Waals surface area contributed by atoms with Crippen LogP contribution in [0.1, 0.15) is 126 Å². The molecule has 0 aliphatic heterocycles. The van der Waals surface area contributed by atoms with Gasteiger partial charge >= 0.3 is 0 Å². The van der Waals surface area contributed by atoms with E-state index in [0.717, 1.165) is 12.8 Å². The number of unbranched alkanes of at least 4 members (excludes halogenated alkanes) is 7. The van der Waals surface area contributed by atoms with Crippen LogP contribution in [0.5, 0.6) is 0 Å². The highest BCUT2D eigenvalue weighted by atomic mass is 16.9. The normalized spacial score (nSPS) is 13.9. The topological polar surface area (TPSA) is 27.7 Å². The second kappa shape index (κ2) is 15.8. The summed E-state index contributed by atoms with van der Waals surface area (Å²) in [4.78, 5) is 0. The van der Waals surface area contributed by atoms with Crippen molar-refractivity contribution in [1.82, 2.24) is 0 Å². The van der Waals surface area contributed by atoms with Crippen molar-refractivity contribution in [3.8, 4) is 0 Å². The molecule has 3 heteroatoms. The molecular weight excluding hydrogens is 336 g/mol. The van der Waals surface area contributed by atoms with Crippen LogP contribution in [0.15, 0.2) is 0 Å². The van der Waals surface area contributed by atoms with Crippen molar-refractivity contribution < 1.29 is 14.2 Å². The summed E-state index contributed by atoms with van der Waals surface area (Å²) in [6.07, 6.45) is 14.0. The summed E-state index contributed by atoms with van der Waals surface area (Å²) >= 11 is 0. The lowest BCUT2D eigenvalue weighted by Crippen LogP contribution is -2.50. The number of ether oxygens (including phenoxy) is 3. The highest BCUT2D eigenvalue weighted by Gasteiger charge is 2.44. The van der Waals surface area contributed by atoms with Gasteiger partial charge in [0.25, 0.3) is 5.97 Å². The van der Waals surface area contributed by atoms with Gasteiger partial charge in [-0.2, -0.15) is 0 Å². The van der Waals surface area contributed by atoms with Gasteiger partial charge in [0.15, 0.2) is 0 Å². The van der Waals surface area contributed by atoms with Crippen molar-refractivity contribution in [2.75, 3.05) is 0 Å². The molecule has 0 amide bonds. The smallest absolute Gasteiger partial charge is 0.286 e. The minimum Gasteiger partial charge on any atom is -0.324 e. The molecule has 0 saturated carbocycles. The molecule has 0 aromatic carbocycles. The van der Waals surface area contributed by atoms with Crippen LogP contribution < -0.4 is 0 Å². The van der Waals surface area contributed by atoms with Crippen molar-refractivity contribution in [2.45, 2.75) is 150 Å². The summed E-state index contributed by atoms with van der Waals surface area (Å²) in [6, 6.07) is 0. The largest absolute Gasteiger partial charge is 0.324 e. The molecule has 0 aromatic rings. The highest BCUT2D eigenvalue weighted by Crippen LogP contribution is 2.37. The standard InChI is InChI=1S/C24H50O3/c1-9-11-13-14-15-17-19-23(18-16-12-10-2)24(25-20(3)4,26-21(5)6)27-22(7)8/h20-23H,9-19H2,1-8H3. The molecule has 164 valence electrons. The lowest BCUT2D eigenvalue weighted by Gasteiger charge is -2.43. The van der Waals surface area contributed by atoms with E-state index < -0.39 is 5.97 Å². The SMILES string of the molecule is CCCCCCCCC(CCCCC)C(OC(C)C)(OC(C)C)OC(C)C. The molecule has 0 spiro atoms. The molecule has 0 saturated heterocycles. The molecule has 0 radical (unpaired) electrons. The van der Waals surface area contributed by atoms with Gasteiger partial charge in [-0.3, -0.25) is 0 Å². The molecule has 1 atom stereocenters. The van der Waals surface area contributed by atoms with Crippen molar-refractivity contribution in [3.05, 3.63) is 0 Å². The Morgan fingerprint density at radius 3 is 1.26 bits per heavy atom. The first-order chi connectivity index (χ1) is 12.8. The zero-order chi connectivity index (χ0) is 20.7. The molecule has 27 heavy (non-hydrogen) atoms. The molecule has 1 unspecified atom stereocenters. The van der Waals surface area contributed by atoms with Gasteiger partial charge in [0.05, 0.1) is 18.3 Å². The van der Waals surface area contributed by atoms with Gasteiger partial charge in [-0.15, -0.1) is 0 Å². The molecule has 3 nitrogen and oxygen atoms in total. The van der Waals surface area contributed by atoms with Gasteiger partial charge in [0, 0.05) is 5.92 Å². The average molecular weight is 387 g/mol. The molecule has 0 aliphatic carbocycles. The molecule has 0 fully saturated rings.